The van der Waals surface area contributed by atoms with Gasteiger partial charge in [0.05, 0.1) is 0 Å². The summed E-state index contributed by atoms with van der Waals surface area (Å²) in [4.78, 5) is 24.0. The molecule has 0 aliphatic carbocycles. The maximum Gasteiger partial charge on any atom is 0.320 e. The number of piperidine rings is 1. The summed E-state index contributed by atoms with van der Waals surface area (Å²) in [5.74, 6) is -0.660. The van der Waals surface area contributed by atoms with E-state index < -0.39 is 12.0 Å². The van der Waals surface area contributed by atoms with Gasteiger partial charge < -0.3 is 15.7 Å². The van der Waals surface area contributed by atoms with Crippen LogP contribution in [0.2, 0.25) is 0 Å². The molecule has 1 rings (SSSR count). The van der Waals surface area contributed by atoms with Crippen molar-refractivity contribution in [2.45, 2.75) is 32.2 Å². The summed E-state index contributed by atoms with van der Waals surface area (Å²) < 4.78 is 0. The third-order valence-corrected chi connectivity index (χ3v) is 3.17. The molecular weight excluding hydrogens is 220 g/mol. The number of amides is 1. The minimum absolute atomic E-state index is 0.00835. The van der Waals surface area contributed by atoms with Crippen LogP contribution in [-0.2, 0) is 9.59 Å². The lowest BCUT2D eigenvalue weighted by molar-refractivity contribution is -0.139. The van der Waals surface area contributed by atoms with E-state index in [1.54, 1.807) is 11.8 Å². The van der Waals surface area contributed by atoms with Crippen molar-refractivity contribution in [3.05, 3.63) is 12.2 Å². The van der Waals surface area contributed by atoms with Crippen molar-refractivity contribution in [3.63, 3.8) is 0 Å². The smallest absolute Gasteiger partial charge is 0.320 e. The number of carbonyl (C=O) groups is 2. The molecule has 0 radical (unpaired) electrons. The molecule has 17 heavy (non-hydrogen) atoms. The summed E-state index contributed by atoms with van der Waals surface area (Å²) in [5, 5.41) is 8.72. The number of aliphatic carboxylic acids is 1. The van der Waals surface area contributed by atoms with Gasteiger partial charge in [0.15, 0.2) is 0 Å². The van der Waals surface area contributed by atoms with Crippen molar-refractivity contribution in [1.82, 2.24) is 4.90 Å². The van der Waals surface area contributed by atoms with E-state index in [-0.39, 0.29) is 5.91 Å². The number of nitrogens with zero attached hydrogens (tertiary/aromatic N) is 1. The third kappa shape index (κ3) is 3.85. The van der Waals surface area contributed by atoms with Gasteiger partial charge in [-0.2, -0.15) is 0 Å². The summed E-state index contributed by atoms with van der Waals surface area (Å²) in [5.41, 5.74) is 6.04. The number of likely N-dealkylation sites (tertiary alicyclic amines) is 1. The molecule has 1 heterocycles. The van der Waals surface area contributed by atoms with E-state index in [0.29, 0.717) is 31.0 Å². The van der Waals surface area contributed by atoms with E-state index in [1.807, 2.05) is 0 Å². The molecule has 1 atom stereocenters. The van der Waals surface area contributed by atoms with Gasteiger partial charge in [-0.1, -0.05) is 6.58 Å². The summed E-state index contributed by atoms with van der Waals surface area (Å²) >= 11 is 0. The SMILES string of the molecule is C=C(C)C(=O)N1CCC(CC(N)C(=O)O)CC1. The first kappa shape index (κ1) is 13.7. The monoisotopic (exact) mass is 240 g/mol. The molecule has 0 bridgehead atoms. The normalized spacial score (nSPS) is 18.8. The topological polar surface area (TPSA) is 83.6 Å². The van der Waals surface area contributed by atoms with E-state index in [4.69, 9.17) is 10.8 Å². The van der Waals surface area contributed by atoms with Gasteiger partial charge >= 0.3 is 5.97 Å². The van der Waals surface area contributed by atoms with Crippen LogP contribution in [0.1, 0.15) is 26.2 Å². The molecule has 1 unspecified atom stereocenters. The van der Waals surface area contributed by atoms with E-state index in [1.165, 1.54) is 0 Å². The van der Waals surface area contributed by atoms with Crippen LogP contribution >= 0.6 is 0 Å². The van der Waals surface area contributed by atoms with Crippen molar-refractivity contribution in [2.75, 3.05) is 13.1 Å². The molecule has 0 aromatic heterocycles. The Labute approximate surface area is 101 Å². The largest absolute Gasteiger partial charge is 0.480 e. The molecule has 1 fully saturated rings. The number of rotatable bonds is 4. The van der Waals surface area contributed by atoms with E-state index in [0.717, 1.165) is 12.8 Å². The Morgan fingerprint density at radius 1 is 1.47 bits per heavy atom. The molecular formula is C12H20N2O3. The van der Waals surface area contributed by atoms with Crippen LogP contribution in [0.15, 0.2) is 12.2 Å². The number of hydrogen-bond donors (Lipinski definition) is 2. The summed E-state index contributed by atoms with van der Waals surface area (Å²) in [7, 11) is 0. The fourth-order valence-corrected chi connectivity index (χ4v) is 2.10. The van der Waals surface area contributed by atoms with Gasteiger partial charge in [-0.15, -0.1) is 0 Å². The second-order valence-electron chi connectivity index (χ2n) is 4.70. The van der Waals surface area contributed by atoms with Crippen molar-refractivity contribution < 1.29 is 14.7 Å². The third-order valence-electron chi connectivity index (χ3n) is 3.17. The molecule has 1 saturated heterocycles. The van der Waals surface area contributed by atoms with Crippen molar-refractivity contribution in [2.24, 2.45) is 11.7 Å². The maximum absolute atomic E-state index is 11.6. The minimum Gasteiger partial charge on any atom is -0.480 e. The fraction of sp³-hybridized carbons (Fsp3) is 0.667. The molecule has 1 amide bonds. The number of nitrogens with two attached hydrogens (primary N) is 1. The molecule has 0 aromatic carbocycles. The summed E-state index contributed by atoms with van der Waals surface area (Å²) in [6.45, 7) is 6.67. The van der Waals surface area contributed by atoms with Crippen LogP contribution in [0.3, 0.4) is 0 Å². The molecule has 1 aliphatic rings. The molecule has 1 aliphatic heterocycles. The van der Waals surface area contributed by atoms with Crippen LogP contribution in [0.4, 0.5) is 0 Å². The molecule has 3 N–H and O–H groups in total. The van der Waals surface area contributed by atoms with Gasteiger partial charge in [0.2, 0.25) is 5.91 Å². The minimum atomic E-state index is -0.953. The summed E-state index contributed by atoms with van der Waals surface area (Å²) in [6.07, 6.45) is 2.13. The highest BCUT2D eigenvalue weighted by atomic mass is 16.4. The average molecular weight is 240 g/mol. The van der Waals surface area contributed by atoms with Gasteiger partial charge in [-0.25, -0.2) is 0 Å². The lowest BCUT2D eigenvalue weighted by atomic mass is 9.90. The Morgan fingerprint density at radius 3 is 2.41 bits per heavy atom. The zero-order valence-corrected chi connectivity index (χ0v) is 10.2. The number of carboxylic acids is 1. The van der Waals surface area contributed by atoms with E-state index >= 15 is 0 Å². The molecule has 0 aromatic rings. The highest BCUT2D eigenvalue weighted by molar-refractivity contribution is 5.92. The predicted octanol–water partition coefficient (Wildman–Crippen LogP) is 0.603. The number of carbonyl (C=O) groups excluding carboxylic acids is 1. The molecule has 96 valence electrons. The Balaban J connectivity index is 2.38. The highest BCUT2D eigenvalue weighted by Gasteiger charge is 2.25. The Kier molecular flexibility index (Phi) is 4.69. The average Bonchev–Trinajstić information content (AvgIpc) is 2.28. The predicted molar refractivity (Wildman–Crippen MR) is 64.3 cm³/mol. The van der Waals surface area contributed by atoms with Crippen LogP contribution in [-0.4, -0.2) is 41.0 Å². The second-order valence-corrected chi connectivity index (χ2v) is 4.70. The first-order valence-corrected chi connectivity index (χ1v) is 5.85. The van der Waals surface area contributed by atoms with Crippen molar-refractivity contribution >= 4 is 11.9 Å². The number of hydrogen-bond acceptors (Lipinski definition) is 3. The van der Waals surface area contributed by atoms with E-state index in [2.05, 4.69) is 6.58 Å². The molecule has 0 spiro atoms. The zero-order valence-electron chi connectivity index (χ0n) is 10.2. The first-order valence-electron chi connectivity index (χ1n) is 5.85. The lowest BCUT2D eigenvalue weighted by Crippen LogP contribution is -2.41. The van der Waals surface area contributed by atoms with Gasteiger partial charge in [-0.3, -0.25) is 9.59 Å². The Bertz CT molecular complexity index is 320. The molecule has 0 saturated carbocycles. The molecule has 5 nitrogen and oxygen atoms in total. The quantitative estimate of drug-likeness (QED) is 0.705. The Hall–Kier alpha value is -1.36. The lowest BCUT2D eigenvalue weighted by Gasteiger charge is -2.32. The van der Waals surface area contributed by atoms with Gasteiger partial charge in [0.1, 0.15) is 6.04 Å². The van der Waals surface area contributed by atoms with Crippen LogP contribution < -0.4 is 5.73 Å². The Morgan fingerprint density at radius 2 is 2.00 bits per heavy atom. The van der Waals surface area contributed by atoms with Crippen molar-refractivity contribution in [1.29, 1.82) is 0 Å². The van der Waals surface area contributed by atoms with Crippen LogP contribution in [0.25, 0.3) is 0 Å². The van der Waals surface area contributed by atoms with Crippen LogP contribution in [0.5, 0.6) is 0 Å². The number of carboxylic acid groups (broad SMARTS) is 1. The van der Waals surface area contributed by atoms with Crippen molar-refractivity contribution in [3.8, 4) is 0 Å². The van der Waals surface area contributed by atoms with Gasteiger partial charge in [0.25, 0.3) is 0 Å². The maximum atomic E-state index is 11.6. The zero-order chi connectivity index (χ0) is 13.0. The standard InChI is InChI=1S/C12H20N2O3/c1-8(2)11(15)14-5-3-9(4-6-14)7-10(13)12(16)17/h9-10H,1,3-7,13H2,2H3,(H,16,17). The fourth-order valence-electron chi connectivity index (χ4n) is 2.10. The van der Waals surface area contributed by atoms with Gasteiger partial charge in [-0.05, 0) is 32.1 Å². The second kappa shape index (κ2) is 5.82. The van der Waals surface area contributed by atoms with Crippen LogP contribution in [0, 0.1) is 5.92 Å². The highest BCUT2D eigenvalue weighted by Crippen LogP contribution is 2.22. The molecule has 5 heteroatoms. The summed E-state index contributed by atoms with van der Waals surface area (Å²) in [6, 6.07) is -0.789. The first-order chi connectivity index (χ1) is 7.91. The van der Waals surface area contributed by atoms with E-state index in [9.17, 15) is 9.59 Å². The van der Waals surface area contributed by atoms with Gasteiger partial charge in [0, 0.05) is 18.7 Å².